The highest BCUT2D eigenvalue weighted by atomic mass is 16.2. The fraction of sp³-hybridized carbons (Fsp3) is 0.200. The van der Waals surface area contributed by atoms with E-state index in [1.54, 1.807) is 28.8 Å². The number of aryl methyl sites for hydroxylation is 1. The number of likely N-dealkylation sites (N-methyl/N-ethyl adjacent to an activating group) is 2. The minimum atomic E-state index is -1.13. The van der Waals surface area contributed by atoms with Gasteiger partial charge in [-0.25, -0.2) is 9.59 Å². The molecule has 0 spiro atoms. The minimum Gasteiger partial charge on any atom is -0.307 e. The lowest BCUT2D eigenvalue weighted by Crippen LogP contribution is -2.62. The van der Waals surface area contributed by atoms with Gasteiger partial charge in [0.2, 0.25) is 0 Å². The maximum atomic E-state index is 13.7. The molecule has 3 aromatic carbocycles. The molecule has 4 amide bonds. The molecule has 2 saturated heterocycles. The lowest BCUT2D eigenvalue weighted by Gasteiger charge is -2.47. The van der Waals surface area contributed by atoms with Crippen LogP contribution in [0.5, 0.6) is 0 Å². The molecule has 2 aliphatic rings. The van der Waals surface area contributed by atoms with Crippen LogP contribution in [0.3, 0.4) is 0 Å². The Morgan fingerprint density at radius 2 is 1.26 bits per heavy atom. The molecule has 0 radical (unpaired) electrons. The number of hydrogen-bond donors (Lipinski definition) is 1. The molecule has 2 heterocycles. The average Bonchev–Trinajstić information content (AvgIpc) is 3.17. The first kappa shape index (κ1) is 19.2. The molecule has 3 aromatic rings. The number of fused-ring (bicyclic) bond motifs is 1. The summed E-state index contributed by atoms with van der Waals surface area (Å²) in [4.78, 5) is 32.2. The zero-order chi connectivity index (χ0) is 21.8. The van der Waals surface area contributed by atoms with Crippen molar-refractivity contribution in [3.05, 3.63) is 102 Å². The van der Waals surface area contributed by atoms with Gasteiger partial charge in [0.1, 0.15) is 0 Å². The number of urea groups is 2. The summed E-state index contributed by atoms with van der Waals surface area (Å²) in [6, 6.07) is 26.8. The van der Waals surface area contributed by atoms with Gasteiger partial charge in [0.05, 0.1) is 0 Å². The summed E-state index contributed by atoms with van der Waals surface area (Å²) in [5.41, 5.74) is 1.25. The fourth-order valence-electron chi connectivity index (χ4n) is 5.17. The molecule has 156 valence electrons. The number of carbonyl (C=O) groups excluding carboxylic acids is 2. The van der Waals surface area contributed by atoms with Crippen molar-refractivity contribution in [1.29, 1.82) is 0 Å². The molecular weight excluding hydrogens is 388 g/mol. The summed E-state index contributed by atoms with van der Waals surface area (Å²) in [7, 11) is 3.51. The van der Waals surface area contributed by atoms with Crippen LogP contribution in [0.4, 0.5) is 15.3 Å². The molecule has 0 aromatic heterocycles. The van der Waals surface area contributed by atoms with Crippen molar-refractivity contribution in [3.8, 4) is 0 Å². The largest absolute Gasteiger partial charge is 0.326 e. The molecule has 0 unspecified atom stereocenters. The van der Waals surface area contributed by atoms with Crippen LogP contribution in [0.15, 0.2) is 84.9 Å². The van der Waals surface area contributed by atoms with E-state index in [4.69, 9.17) is 0 Å². The number of hydrogen-bond acceptors (Lipinski definition) is 2. The predicted octanol–water partition coefficient (Wildman–Crippen LogP) is 4.23. The molecule has 1 N–H and O–H groups in total. The van der Waals surface area contributed by atoms with Crippen molar-refractivity contribution in [2.45, 2.75) is 18.2 Å². The van der Waals surface area contributed by atoms with Crippen molar-refractivity contribution >= 4 is 17.7 Å². The maximum Gasteiger partial charge on any atom is 0.326 e. The second-order valence-corrected chi connectivity index (χ2v) is 8.12. The summed E-state index contributed by atoms with van der Waals surface area (Å²) in [5, 5.41) is 3.21. The van der Waals surface area contributed by atoms with Crippen LogP contribution in [-0.4, -0.2) is 36.0 Å². The molecule has 5 rings (SSSR count). The Labute approximate surface area is 181 Å². The number of benzene rings is 3. The summed E-state index contributed by atoms with van der Waals surface area (Å²) >= 11 is 0. The van der Waals surface area contributed by atoms with Crippen molar-refractivity contribution in [2.24, 2.45) is 0 Å². The Kier molecular flexibility index (Phi) is 4.09. The molecule has 2 fully saturated rings. The van der Waals surface area contributed by atoms with Crippen LogP contribution in [0.2, 0.25) is 0 Å². The number of anilines is 1. The Bertz CT molecular complexity index is 1150. The van der Waals surface area contributed by atoms with Crippen LogP contribution in [0.25, 0.3) is 0 Å². The Morgan fingerprint density at radius 3 is 1.84 bits per heavy atom. The third kappa shape index (κ3) is 2.27. The van der Waals surface area contributed by atoms with Crippen molar-refractivity contribution < 1.29 is 9.59 Å². The summed E-state index contributed by atoms with van der Waals surface area (Å²) in [6.07, 6.45) is 0. The molecule has 2 aliphatic heterocycles. The zero-order valence-electron chi connectivity index (χ0n) is 17.7. The van der Waals surface area contributed by atoms with Crippen molar-refractivity contribution in [2.75, 3.05) is 19.0 Å². The van der Waals surface area contributed by atoms with Crippen LogP contribution >= 0.6 is 0 Å². The second-order valence-electron chi connectivity index (χ2n) is 8.12. The molecule has 31 heavy (non-hydrogen) atoms. The Balaban J connectivity index is 1.90. The van der Waals surface area contributed by atoms with E-state index in [-0.39, 0.29) is 12.1 Å². The van der Waals surface area contributed by atoms with Crippen molar-refractivity contribution in [3.63, 3.8) is 0 Å². The zero-order valence-corrected chi connectivity index (χ0v) is 17.7. The lowest BCUT2D eigenvalue weighted by molar-refractivity contribution is 0.0784. The van der Waals surface area contributed by atoms with Gasteiger partial charge in [-0.3, -0.25) is 14.7 Å². The highest BCUT2D eigenvalue weighted by Gasteiger charge is 2.75. The number of rotatable bonds is 3. The Hall–Kier alpha value is -3.80. The van der Waals surface area contributed by atoms with Gasteiger partial charge in [-0.05, 0) is 19.1 Å². The van der Waals surface area contributed by atoms with Gasteiger partial charge in [-0.2, -0.15) is 0 Å². The monoisotopic (exact) mass is 412 g/mol. The van der Waals surface area contributed by atoms with E-state index >= 15 is 0 Å². The first-order valence-corrected chi connectivity index (χ1v) is 10.3. The van der Waals surface area contributed by atoms with Gasteiger partial charge in [0, 0.05) is 30.9 Å². The van der Waals surface area contributed by atoms with Crippen LogP contribution in [-0.2, 0) is 11.3 Å². The Morgan fingerprint density at radius 1 is 0.710 bits per heavy atom. The SMILES string of the molecule is Cc1ccc(N2C(=O)N[C@]3(c4ccccc4)N(C)C(=O)N(C)[C@@]23c2ccccc2)cc1. The standard InChI is InChI=1S/C25H24N4O2/c1-18-14-16-21(17-15-18)29-22(30)26-24(19-10-6-4-7-11-19)25(29,20-12-8-5-9-13-20)28(3)23(31)27(24)2/h4-17H,1-3H3,(H,26,30)/t24-,25+/m1/s1. The summed E-state index contributed by atoms with van der Waals surface area (Å²) < 4.78 is 0. The predicted molar refractivity (Wildman–Crippen MR) is 119 cm³/mol. The van der Waals surface area contributed by atoms with Crippen LogP contribution in [0.1, 0.15) is 16.7 Å². The summed E-state index contributed by atoms with van der Waals surface area (Å²) in [6.45, 7) is 2.01. The highest BCUT2D eigenvalue weighted by Crippen LogP contribution is 2.57. The quantitative estimate of drug-likeness (QED) is 0.700. The topological polar surface area (TPSA) is 55.9 Å². The van der Waals surface area contributed by atoms with Crippen LogP contribution in [0, 0.1) is 6.92 Å². The van der Waals surface area contributed by atoms with Gasteiger partial charge in [0.15, 0.2) is 11.3 Å². The highest BCUT2D eigenvalue weighted by molar-refractivity contribution is 6.01. The number of amides is 4. The van der Waals surface area contributed by atoms with Gasteiger partial charge < -0.3 is 5.32 Å². The van der Waals surface area contributed by atoms with Gasteiger partial charge in [-0.1, -0.05) is 78.4 Å². The van der Waals surface area contributed by atoms with E-state index in [1.165, 1.54) is 0 Å². The van der Waals surface area contributed by atoms with E-state index in [9.17, 15) is 9.59 Å². The third-order valence-corrected chi connectivity index (χ3v) is 6.54. The number of nitrogens with zero attached hydrogens (tertiary/aromatic N) is 3. The number of carbonyl (C=O) groups is 2. The van der Waals surface area contributed by atoms with E-state index in [1.807, 2.05) is 91.9 Å². The second kappa shape index (κ2) is 6.60. The van der Waals surface area contributed by atoms with Gasteiger partial charge in [-0.15, -0.1) is 0 Å². The van der Waals surface area contributed by atoms with Crippen LogP contribution < -0.4 is 10.2 Å². The van der Waals surface area contributed by atoms with E-state index in [0.717, 1.165) is 22.4 Å². The van der Waals surface area contributed by atoms with Gasteiger partial charge >= 0.3 is 12.1 Å². The molecular formula is C25H24N4O2. The van der Waals surface area contributed by atoms with E-state index < -0.39 is 11.3 Å². The normalized spacial score (nSPS) is 25.1. The van der Waals surface area contributed by atoms with Crippen molar-refractivity contribution in [1.82, 2.24) is 15.1 Å². The average molecular weight is 412 g/mol. The first-order chi connectivity index (χ1) is 14.9. The number of nitrogens with one attached hydrogen (secondary N) is 1. The lowest BCUT2D eigenvalue weighted by atomic mass is 9.80. The third-order valence-electron chi connectivity index (χ3n) is 6.54. The van der Waals surface area contributed by atoms with Gasteiger partial charge in [0.25, 0.3) is 0 Å². The smallest absolute Gasteiger partial charge is 0.307 e. The minimum absolute atomic E-state index is 0.176. The molecule has 6 heteroatoms. The molecule has 0 bridgehead atoms. The van der Waals surface area contributed by atoms with E-state index in [2.05, 4.69) is 5.32 Å². The molecule has 0 saturated carbocycles. The maximum absolute atomic E-state index is 13.7. The fourth-order valence-corrected chi connectivity index (χ4v) is 5.17. The summed E-state index contributed by atoms with van der Waals surface area (Å²) in [5.74, 6) is 0. The molecule has 2 atom stereocenters. The first-order valence-electron chi connectivity index (χ1n) is 10.3. The molecule has 0 aliphatic carbocycles. The van der Waals surface area contributed by atoms with E-state index in [0.29, 0.717) is 0 Å². The molecule has 6 nitrogen and oxygen atoms in total.